The lowest BCUT2D eigenvalue weighted by atomic mass is 10.0. The van der Waals surface area contributed by atoms with E-state index in [1.54, 1.807) is 5.01 Å². The minimum atomic E-state index is 0.0407. The molecule has 0 spiro atoms. The Morgan fingerprint density at radius 2 is 1.40 bits per heavy atom. The maximum absolute atomic E-state index is 13.2. The van der Waals surface area contributed by atoms with E-state index in [1.165, 1.54) is 69.8 Å². The molecule has 5 heteroatoms. The van der Waals surface area contributed by atoms with Gasteiger partial charge in [-0.05, 0) is 18.4 Å². The van der Waals surface area contributed by atoms with Gasteiger partial charge in [0.2, 0.25) is 0 Å². The number of rotatable bonds is 2. The second kappa shape index (κ2) is 10.9. The van der Waals surface area contributed by atoms with Crippen molar-refractivity contribution in [3.63, 3.8) is 0 Å². The lowest BCUT2D eigenvalue weighted by Gasteiger charge is -2.40. The fourth-order valence-electron chi connectivity index (χ4n) is 5.30. The zero-order valence-corrected chi connectivity index (χ0v) is 18.4. The fourth-order valence-corrected chi connectivity index (χ4v) is 5.30. The van der Waals surface area contributed by atoms with Crippen LogP contribution in [0.4, 0.5) is 4.79 Å². The van der Waals surface area contributed by atoms with Gasteiger partial charge in [0.25, 0.3) is 0 Å². The molecule has 1 saturated heterocycles. The second-order valence-electron chi connectivity index (χ2n) is 9.17. The first kappa shape index (κ1) is 21.4. The first-order valence-corrected chi connectivity index (χ1v) is 12.2. The summed E-state index contributed by atoms with van der Waals surface area (Å²) in [4.78, 5) is 17.9. The molecule has 2 heterocycles. The van der Waals surface area contributed by atoms with E-state index in [1.807, 2.05) is 29.3 Å². The summed E-state index contributed by atoms with van der Waals surface area (Å²) in [6, 6.07) is 11.1. The lowest BCUT2D eigenvalue weighted by molar-refractivity contribution is 0.0793. The standard InChI is InChI=1S/C25H38N4O/c30-25(29-24(16-17-26-29)22-12-8-7-9-13-22)28-20-18-27(19-21-28)23-14-10-5-3-1-2-4-6-11-15-23/h7-9,12-13,17,23-24H,1-6,10-11,14-16,18-21H2. The lowest BCUT2D eigenvalue weighted by Crippen LogP contribution is -2.54. The third kappa shape index (κ3) is 5.42. The van der Waals surface area contributed by atoms with Crippen LogP contribution in [0.3, 0.4) is 0 Å². The van der Waals surface area contributed by atoms with E-state index in [9.17, 15) is 4.79 Å². The minimum absolute atomic E-state index is 0.0407. The molecule has 2 amide bonds. The van der Waals surface area contributed by atoms with Crippen LogP contribution in [-0.4, -0.2) is 59.3 Å². The summed E-state index contributed by atoms with van der Waals surface area (Å²) in [7, 11) is 0. The Hall–Kier alpha value is -1.88. The monoisotopic (exact) mass is 410 g/mol. The average Bonchev–Trinajstić information content (AvgIpc) is 3.26. The summed E-state index contributed by atoms with van der Waals surface area (Å²) in [5, 5.41) is 6.14. The number of benzene rings is 1. The molecule has 4 rings (SSSR count). The number of urea groups is 1. The van der Waals surface area contributed by atoms with Crippen LogP contribution in [-0.2, 0) is 0 Å². The summed E-state index contributed by atoms with van der Waals surface area (Å²) in [6.45, 7) is 3.65. The van der Waals surface area contributed by atoms with Crippen molar-refractivity contribution in [2.24, 2.45) is 5.10 Å². The highest BCUT2D eigenvalue weighted by atomic mass is 16.2. The predicted molar refractivity (Wildman–Crippen MR) is 123 cm³/mol. The molecule has 1 aromatic rings. The summed E-state index contributed by atoms with van der Waals surface area (Å²) in [5.74, 6) is 0. The van der Waals surface area contributed by atoms with Crippen molar-refractivity contribution >= 4 is 12.2 Å². The van der Waals surface area contributed by atoms with E-state index in [2.05, 4.69) is 22.1 Å². The Kier molecular flexibility index (Phi) is 7.79. The van der Waals surface area contributed by atoms with Crippen LogP contribution < -0.4 is 0 Å². The summed E-state index contributed by atoms with van der Waals surface area (Å²) >= 11 is 0. The number of amides is 2. The summed E-state index contributed by atoms with van der Waals surface area (Å²) in [6.07, 6.45) is 16.5. The number of carbonyl (C=O) groups excluding carboxylic acids is 1. The molecule has 0 bridgehead atoms. The molecule has 0 radical (unpaired) electrons. The van der Waals surface area contributed by atoms with Crippen molar-refractivity contribution in [1.82, 2.24) is 14.8 Å². The van der Waals surface area contributed by atoms with Gasteiger partial charge in [-0.2, -0.15) is 5.10 Å². The predicted octanol–water partition coefficient (Wildman–Crippen LogP) is 5.44. The van der Waals surface area contributed by atoms with Gasteiger partial charge in [0.15, 0.2) is 0 Å². The molecule has 1 saturated carbocycles. The number of hydrogen-bond acceptors (Lipinski definition) is 3. The Bertz CT molecular complexity index is 672. The third-order valence-electron chi connectivity index (χ3n) is 7.14. The van der Waals surface area contributed by atoms with Crippen LogP contribution in [0.25, 0.3) is 0 Å². The number of piperazine rings is 1. The number of hydrogen-bond donors (Lipinski definition) is 0. The first-order valence-electron chi connectivity index (χ1n) is 12.2. The van der Waals surface area contributed by atoms with Crippen molar-refractivity contribution in [2.75, 3.05) is 26.2 Å². The van der Waals surface area contributed by atoms with Crippen molar-refractivity contribution in [1.29, 1.82) is 0 Å². The minimum Gasteiger partial charge on any atom is -0.321 e. The molecule has 2 aliphatic heterocycles. The van der Waals surface area contributed by atoms with Gasteiger partial charge in [-0.3, -0.25) is 4.90 Å². The van der Waals surface area contributed by atoms with Gasteiger partial charge in [0, 0.05) is 44.9 Å². The zero-order chi connectivity index (χ0) is 20.6. The average molecular weight is 411 g/mol. The highest BCUT2D eigenvalue weighted by Gasteiger charge is 2.33. The van der Waals surface area contributed by atoms with E-state index < -0.39 is 0 Å². The second-order valence-corrected chi connectivity index (χ2v) is 9.17. The van der Waals surface area contributed by atoms with Crippen molar-refractivity contribution in [3.8, 4) is 0 Å². The fraction of sp³-hybridized carbons (Fsp3) is 0.680. The normalized spacial score (nSPS) is 25.3. The zero-order valence-electron chi connectivity index (χ0n) is 18.4. The van der Waals surface area contributed by atoms with Crippen LogP contribution >= 0.6 is 0 Å². The molecule has 1 atom stereocenters. The van der Waals surface area contributed by atoms with Gasteiger partial charge in [-0.25, -0.2) is 9.80 Å². The van der Waals surface area contributed by atoms with Crippen LogP contribution in [0.2, 0.25) is 0 Å². The molecule has 2 fully saturated rings. The molecule has 1 aromatic carbocycles. The Morgan fingerprint density at radius 1 is 0.800 bits per heavy atom. The molecular weight excluding hydrogens is 372 g/mol. The Balaban J connectivity index is 1.31. The summed E-state index contributed by atoms with van der Waals surface area (Å²) < 4.78 is 0. The number of nitrogens with zero attached hydrogens (tertiary/aromatic N) is 4. The first-order chi connectivity index (χ1) is 14.8. The SMILES string of the molecule is O=C(N1CCN(C2CCCCCCCCCC2)CC1)N1N=CCC1c1ccccc1. The van der Waals surface area contributed by atoms with Crippen molar-refractivity contribution in [3.05, 3.63) is 35.9 Å². The maximum Gasteiger partial charge on any atom is 0.341 e. The van der Waals surface area contributed by atoms with Crippen LogP contribution in [0.5, 0.6) is 0 Å². The molecular formula is C25H38N4O. The highest BCUT2D eigenvalue weighted by Crippen LogP contribution is 2.29. The van der Waals surface area contributed by atoms with E-state index in [-0.39, 0.29) is 12.1 Å². The highest BCUT2D eigenvalue weighted by molar-refractivity contribution is 5.78. The Morgan fingerprint density at radius 3 is 2.03 bits per heavy atom. The van der Waals surface area contributed by atoms with Gasteiger partial charge >= 0.3 is 6.03 Å². The van der Waals surface area contributed by atoms with E-state index >= 15 is 0 Å². The van der Waals surface area contributed by atoms with Gasteiger partial charge in [0.05, 0.1) is 6.04 Å². The number of carbonyl (C=O) groups is 1. The van der Waals surface area contributed by atoms with E-state index in [0.29, 0.717) is 6.04 Å². The molecule has 1 aliphatic carbocycles. The van der Waals surface area contributed by atoms with Gasteiger partial charge in [-0.1, -0.05) is 81.7 Å². The molecule has 0 aromatic heterocycles. The van der Waals surface area contributed by atoms with Crippen molar-refractivity contribution < 1.29 is 4.79 Å². The van der Waals surface area contributed by atoms with Crippen LogP contribution in [0, 0.1) is 0 Å². The molecule has 30 heavy (non-hydrogen) atoms. The molecule has 3 aliphatic rings. The van der Waals surface area contributed by atoms with E-state index in [0.717, 1.165) is 32.6 Å². The molecule has 1 unspecified atom stereocenters. The van der Waals surface area contributed by atoms with Crippen LogP contribution in [0.1, 0.15) is 82.2 Å². The third-order valence-corrected chi connectivity index (χ3v) is 7.14. The molecule has 5 nitrogen and oxygen atoms in total. The maximum atomic E-state index is 13.2. The molecule has 0 N–H and O–H groups in total. The molecule has 164 valence electrons. The Labute approximate surface area is 182 Å². The van der Waals surface area contributed by atoms with E-state index in [4.69, 9.17) is 0 Å². The van der Waals surface area contributed by atoms with Gasteiger partial charge < -0.3 is 4.90 Å². The smallest absolute Gasteiger partial charge is 0.321 e. The topological polar surface area (TPSA) is 39.2 Å². The van der Waals surface area contributed by atoms with Gasteiger partial charge in [-0.15, -0.1) is 0 Å². The van der Waals surface area contributed by atoms with Crippen molar-refractivity contribution in [2.45, 2.75) is 82.7 Å². The summed E-state index contributed by atoms with van der Waals surface area (Å²) in [5.41, 5.74) is 1.17. The van der Waals surface area contributed by atoms with Gasteiger partial charge in [0.1, 0.15) is 0 Å². The number of hydrazone groups is 1. The van der Waals surface area contributed by atoms with Crippen LogP contribution in [0.15, 0.2) is 35.4 Å². The quantitative estimate of drug-likeness (QED) is 0.651. The largest absolute Gasteiger partial charge is 0.341 e.